The van der Waals surface area contributed by atoms with Crippen LogP contribution in [0.3, 0.4) is 0 Å². The molecule has 0 unspecified atom stereocenters. The van der Waals surface area contributed by atoms with E-state index in [2.05, 4.69) is 4.90 Å². The maximum absolute atomic E-state index is 12.5. The van der Waals surface area contributed by atoms with Crippen LogP contribution in [0.5, 0.6) is 0 Å². The van der Waals surface area contributed by atoms with E-state index in [0.29, 0.717) is 37.1 Å². The number of carbonyl (C=O) groups excluding carboxylic acids is 1. The summed E-state index contributed by atoms with van der Waals surface area (Å²) in [5, 5.41) is 11.2. The smallest absolute Gasteiger partial charge is 0.410 e. The Morgan fingerprint density at radius 3 is 2.41 bits per heavy atom. The molecule has 0 radical (unpaired) electrons. The summed E-state index contributed by atoms with van der Waals surface area (Å²) in [5.74, 6) is 0.499. The first kappa shape index (κ1) is 18.3. The number of nitro groups is 1. The fourth-order valence-corrected chi connectivity index (χ4v) is 4.54. The van der Waals surface area contributed by atoms with Crippen molar-refractivity contribution in [1.29, 1.82) is 0 Å². The molecule has 4 aliphatic rings. The standard InChI is InChI=1S/C18H23ClN4O4/c19-15-11-14(23(25)26)1-2-16(15)21-7-9-22(10-8-21)18(24)27-17-12-20-5-3-13(17)4-6-20/h1-2,11,13,17H,3-10,12H2/t17-/m0/s1. The molecule has 2 bridgehead atoms. The maximum atomic E-state index is 12.5. The minimum atomic E-state index is -0.460. The van der Waals surface area contributed by atoms with Crippen LogP contribution < -0.4 is 4.90 Å². The molecule has 0 spiro atoms. The summed E-state index contributed by atoms with van der Waals surface area (Å²) in [7, 11) is 0. The van der Waals surface area contributed by atoms with Crippen LogP contribution in [0.15, 0.2) is 18.2 Å². The monoisotopic (exact) mass is 394 g/mol. The summed E-state index contributed by atoms with van der Waals surface area (Å²) in [6, 6.07) is 4.49. The predicted octanol–water partition coefficient (Wildman–Crippen LogP) is 2.60. The lowest BCUT2D eigenvalue weighted by Gasteiger charge is -2.44. The molecule has 0 saturated carbocycles. The molecule has 0 aromatic heterocycles. The van der Waals surface area contributed by atoms with E-state index in [4.69, 9.17) is 16.3 Å². The van der Waals surface area contributed by atoms with Crippen LogP contribution in [0.4, 0.5) is 16.2 Å². The van der Waals surface area contributed by atoms with E-state index in [1.807, 2.05) is 4.90 Å². The van der Waals surface area contributed by atoms with Gasteiger partial charge in [-0.05, 0) is 37.9 Å². The van der Waals surface area contributed by atoms with Gasteiger partial charge in [0.1, 0.15) is 6.10 Å². The highest BCUT2D eigenvalue weighted by molar-refractivity contribution is 6.33. The fourth-order valence-electron chi connectivity index (χ4n) is 4.24. The Balaban J connectivity index is 1.32. The summed E-state index contributed by atoms with van der Waals surface area (Å²) in [6.07, 6.45) is 2.01. The second-order valence-electron chi connectivity index (χ2n) is 7.43. The number of amides is 1. The third-order valence-corrected chi connectivity index (χ3v) is 6.17. The molecule has 4 heterocycles. The quantitative estimate of drug-likeness (QED) is 0.579. The second kappa shape index (κ2) is 7.52. The van der Waals surface area contributed by atoms with Crippen molar-refractivity contribution in [1.82, 2.24) is 9.80 Å². The highest BCUT2D eigenvalue weighted by Gasteiger charge is 2.37. The van der Waals surface area contributed by atoms with Crippen LogP contribution in [-0.2, 0) is 4.74 Å². The van der Waals surface area contributed by atoms with Crippen molar-refractivity contribution in [3.8, 4) is 0 Å². The number of nitro benzene ring substituents is 1. The van der Waals surface area contributed by atoms with Crippen LogP contribution in [-0.4, -0.2) is 72.7 Å². The molecule has 1 atom stereocenters. The number of benzene rings is 1. The van der Waals surface area contributed by atoms with Gasteiger partial charge in [0.2, 0.25) is 0 Å². The van der Waals surface area contributed by atoms with E-state index in [9.17, 15) is 14.9 Å². The summed E-state index contributed by atoms with van der Waals surface area (Å²) in [6.45, 7) is 5.43. The number of hydrogen-bond acceptors (Lipinski definition) is 6. The van der Waals surface area contributed by atoms with Gasteiger partial charge in [-0.15, -0.1) is 0 Å². The number of carbonyl (C=O) groups is 1. The molecule has 1 aromatic rings. The fraction of sp³-hybridized carbons (Fsp3) is 0.611. The highest BCUT2D eigenvalue weighted by Crippen LogP contribution is 2.32. The number of piperazine rings is 1. The number of ether oxygens (including phenoxy) is 1. The Bertz CT molecular complexity index is 730. The van der Waals surface area contributed by atoms with Gasteiger partial charge in [0, 0.05) is 44.9 Å². The number of anilines is 1. The molecule has 8 nitrogen and oxygen atoms in total. The third kappa shape index (κ3) is 3.82. The molecular formula is C18H23ClN4O4. The number of nitrogens with zero attached hydrogens (tertiary/aromatic N) is 4. The van der Waals surface area contributed by atoms with Crippen LogP contribution in [0, 0.1) is 16.0 Å². The molecule has 5 rings (SSSR count). The lowest BCUT2D eigenvalue weighted by atomic mass is 9.86. The van der Waals surface area contributed by atoms with Gasteiger partial charge in [0.15, 0.2) is 0 Å². The van der Waals surface area contributed by atoms with Gasteiger partial charge in [0.25, 0.3) is 5.69 Å². The number of rotatable bonds is 3. The first-order valence-electron chi connectivity index (χ1n) is 9.38. The lowest BCUT2D eigenvalue weighted by Crippen LogP contribution is -2.54. The molecule has 146 valence electrons. The molecule has 0 aliphatic carbocycles. The van der Waals surface area contributed by atoms with Gasteiger partial charge in [0.05, 0.1) is 15.6 Å². The molecular weight excluding hydrogens is 372 g/mol. The largest absolute Gasteiger partial charge is 0.444 e. The Hall–Kier alpha value is -2.06. The van der Waals surface area contributed by atoms with E-state index >= 15 is 0 Å². The molecule has 9 heteroatoms. The van der Waals surface area contributed by atoms with Crippen LogP contribution in [0.2, 0.25) is 5.02 Å². The zero-order valence-electron chi connectivity index (χ0n) is 15.1. The molecule has 1 amide bonds. The molecule has 1 aromatic carbocycles. The Morgan fingerprint density at radius 1 is 1.15 bits per heavy atom. The summed E-state index contributed by atoms with van der Waals surface area (Å²) < 4.78 is 5.80. The van der Waals surface area contributed by atoms with Crippen molar-refractivity contribution < 1.29 is 14.5 Å². The highest BCUT2D eigenvalue weighted by atomic mass is 35.5. The Labute approximate surface area is 162 Å². The normalized spacial score (nSPS) is 27.5. The van der Waals surface area contributed by atoms with Crippen LogP contribution >= 0.6 is 11.6 Å². The first-order valence-corrected chi connectivity index (χ1v) is 9.76. The van der Waals surface area contributed by atoms with E-state index in [-0.39, 0.29) is 17.9 Å². The van der Waals surface area contributed by atoms with E-state index in [0.717, 1.165) is 38.2 Å². The van der Waals surface area contributed by atoms with Crippen LogP contribution in [0.1, 0.15) is 12.8 Å². The van der Waals surface area contributed by atoms with Crippen LogP contribution in [0.25, 0.3) is 0 Å². The van der Waals surface area contributed by atoms with E-state index in [1.54, 1.807) is 11.0 Å². The minimum absolute atomic E-state index is 0.0159. The Morgan fingerprint density at radius 2 is 1.85 bits per heavy atom. The summed E-state index contributed by atoms with van der Waals surface area (Å²) >= 11 is 6.21. The molecule has 27 heavy (non-hydrogen) atoms. The average molecular weight is 395 g/mol. The van der Waals surface area contributed by atoms with Crippen molar-refractivity contribution in [2.45, 2.75) is 18.9 Å². The Kier molecular flexibility index (Phi) is 5.10. The van der Waals surface area contributed by atoms with Gasteiger partial charge in [-0.25, -0.2) is 4.79 Å². The number of halogens is 1. The van der Waals surface area contributed by atoms with E-state index in [1.165, 1.54) is 12.1 Å². The lowest BCUT2D eigenvalue weighted by molar-refractivity contribution is -0.384. The summed E-state index contributed by atoms with van der Waals surface area (Å²) in [4.78, 5) is 29.1. The van der Waals surface area contributed by atoms with Crippen molar-refractivity contribution >= 4 is 29.1 Å². The third-order valence-electron chi connectivity index (χ3n) is 5.87. The number of hydrogen-bond donors (Lipinski definition) is 0. The van der Waals surface area contributed by atoms with Gasteiger partial charge >= 0.3 is 6.09 Å². The predicted molar refractivity (Wildman–Crippen MR) is 101 cm³/mol. The minimum Gasteiger partial charge on any atom is -0.444 e. The first-order chi connectivity index (χ1) is 13.0. The molecule has 0 N–H and O–H groups in total. The number of piperidine rings is 3. The van der Waals surface area contributed by atoms with Gasteiger partial charge in [-0.1, -0.05) is 11.6 Å². The topological polar surface area (TPSA) is 79.2 Å². The number of non-ortho nitro benzene ring substituents is 1. The van der Waals surface area contributed by atoms with Gasteiger partial charge < -0.3 is 14.5 Å². The molecule has 4 aliphatic heterocycles. The van der Waals surface area contributed by atoms with E-state index < -0.39 is 4.92 Å². The zero-order valence-corrected chi connectivity index (χ0v) is 15.8. The van der Waals surface area contributed by atoms with Crippen molar-refractivity contribution in [3.05, 3.63) is 33.3 Å². The maximum Gasteiger partial charge on any atom is 0.410 e. The van der Waals surface area contributed by atoms with Crippen molar-refractivity contribution in [3.63, 3.8) is 0 Å². The van der Waals surface area contributed by atoms with Crippen molar-refractivity contribution in [2.75, 3.05) is 50.7 Å². The second-order valence-corrected chi connectivity index (χ2v) is 7.83. The van der Waals surface area contributed by atoms with Gasteiger partial charge in [-0.3, -0.25) is 15.0 Å². The average Bonchev–Trinajstić information content (AvgIpc) is 2.69. The SMILES string of the molecule is O=C(O[C@H]1CN2CCC1CC2)N1CCN(c2ccc([N+](=O)[O-])cc2Cl)CC1. The molecule has 4 fully saturated rings. The van der Waals surface area contributed by atoms with Crippen molar-refractivity contribution in [2.24, 2.45) is 5.92 Å². The summed E-state index contributed by atoms with van der Waals surface area (Å²) in [5.41, 5.74) is 0.733. The molecule has 4 saturated heterocycles. The number of fused-ring (bicyclic) bond motifs is 3. The van der Waals surface area contributed by atoms with Gasteiger partial charge in [-0.2, -0.15) is 0 Å². The zero-order chi connectivity index (χ0) is 19.0.